The van der Waals surface area contributed by atoms with E-state index >= 15 is 0 Å². The van der Waals surface area contributed by atoms with Gasteiger partial charge in [0.05, 0.1) is 12.2 Å². The van der Waals surface area contributed by atoms with E-state index in [0.717, 1.165) is 5.56 Å². The Kier molecular flexibility index (Phi) is 4.53. The molecule has 18 heavy (non-hydrogen) atoms. The molecule has 0 radical (unpaired) electrons. The molecule has 2 N–H and O–H groups in total. The van der Waals surface area contributed by atoms with E-state index in [2.05, 4.69) is 5.32 Å². The van der Waals surface area contributed by atoms with Crippen molar-refractivity contribution < 1.29 is 19.1 Å². The van der Waals surface area contributed by atoms with Gasteiger partial charge in [0.1, 0.15) is 0 Å². The van der Waals surface area contributed by atoms with Crippen LogP contribution >= 0.6 is 0 Å². The van der Waals surface area contributed by atoms with Gasteiger partial charge in [-0.05, 0) is 25.8 Å². The predicted molar refractivity (Wildman–Crippen MR) is 66.5 cm³/mol. The number of carbonyl (C=O) groups is 2. The van der Waals surface area contributed by atoms with E-state index in [4.69, 9.17) is 9.52 Å². The maximum Gasteiger partial charge on any atom is 0.308 e. The normalized spacial score (nSPS) is 14.3. The number of hydrogen-bond donors (Lipinski definition) is 2. The molecule has 1 aromatic heterocycles. The first kappa shape index (κ1) is 14.3. The molecule has 0 aliphatic carbocycles. The molecule has 5 heteroatoms. The second kappa shape index (κ2) is 5.71. The molecule has 100 valence electrons. The number of amides is 1. The quantitative estimate of drug-likeness (QED) is 0.843. The Balaban J connectivity index is 2.77. The Morgan fingerprint density at radius 2 is 1.89 bits per heavy atom. The Labute approximate surface area is 106 Å². The van der Waals surface area contributed by atoms with Crippen molar-refractivity contribution in [1.82, 2.24) is 5.32 Å². The summed E-state index contributed by atoms with van der Waals surface area (Å²) in [5, 5.41) is 11.5. The van der Waals surface area contributed by atoms with E-state index in [1.165, 1.54) is 6.26 Å². The zero-order valence-corrected chi connectivity index (χ0v) is 11.1. The zero-order chi connectivity index (χ0) is 13.9. The fourth-order valence-electron chi connectivity index (χ4n) is 1.57. The molecule has 0 spiro atoms. The average Bonchev–Trinajstić information content (AvgIpc) is 2.76. The van der Waals surface area contributed by atoms with Crippen molar-refractivity contribution in [2.24, 2.45) is 5.92 Å². The topological polar surface area (TPSA) is 79.5 Å². The van der Waals surface area contributed by atoms with Gasteiger partial charge in [-0.25, -0.2) is 0 Å². The van der Waals surface area contributed by atoms with Crippen LogP contribution in [0.15, 0.2) is 16.7 Å². The van der Waals surface area contributed by atoms with Gasteiger partial charge >= 0.3 is 5.97 Å². The summed E-state index contributed by atoms with van der Waals surface area (Å²) < 4.78 is 5.17. The van der Waals surface area contributed by atoms with Crippen molar-refractivity contribution in [2.75, 3.05) is 0 Å². The highest BCUT2D eigenvalue weighted by Gasteiger charge is 2.24. The van der Waals surface area contributed by atoms with Gasteiger partial charge in [0.25, 0.3) is 5.91 Å². The summed E-state index contributed by atoms with van der Waals surface area (Å²) in [5.41, 5.74) is 0.822. The van der Waals surface area contributed by atoms with Gasteiger partial charge in [0.15, 0.2) is 5.76 Å². The lowest BCUT2D eigenvalue weighted by Crippen LogP contribution is -2.40. The van der Waals surface area contributed by atoms with Crippen LogP contribution in [-0.2, 0) is 4.79 Å². The van der Waals surface area contributed by atoms with E-state index in [0.29, 0.717) is 0 Å². The molecule has 0 bridgehead atoms. The third kappa shape index (κ3) is 3.12. The van der Waals surface area contributed by atoms with Crippen LogP contribution in [0.1, 0.15) is 49.7 Å². The molecule has 2 unspecified atom stereocenters. The highest BCUT2D eigenvalue weighted by molar-refractivity contribution is 5.93. The summed E-state index contributed by atoms with van der Waals surface area (Å²) in [6, 6.07) is 1.30. The lowest BCUT2D eigenvalue weighted by molar-refractivity contribution is -0.141. The maximum atomic E-state index is 12.0. The van der Waals surface area contributed by atoms with E-state index < -0.39 is 17.9 Å². The van der Waals surface area contributed by atoms with Crippen molar-refractivity contribution in [3.05, 3.63) is 23.7 Å². The molecule has 0 saturated carbocycles. The van der Waals surface area contributed by atoms with Gasteiger partial charge in [-0.1, -0.05) is 13.8 Å². The van der Waals surface area contributed by atoms with Gasteiger partial charge in [-0.3, -0.25) is 9.59 Å². The molecule has 1 heterocycles. The van der Waals surface area contributed by atoms with Crippen LogP contribution in [0.5, 0.6) is 0 Å². The Morgan fingerprint density at radius 3 is 2.39 bits per heavy atom. The first-order chi connectivity index (χ1) is 8.34. The van der Waals surface area contributed by atoms with Crippen molar-refractivity contribution in [2.45, 2.75) is 39.7 Å². The van der Waals surface area contributed by atoms with Crippen molar-refractivity contribution in [1.29, 1.82) is 0 Å². The molecule has 0 aromatic carbocycles. The maximum absolute atomic E-state index is 12.0. The number of carboxylic acids is 1. The third-order valence-corrected chi connectivity index (χ3v) is 3.02. The van der Waals surface area contributed by atoms with E-state index in [1.54, 1.807) is 19.9 Å². The summed E-state index contributed by atoms with van der Waals surface area (Å²) in [5.74, 6) is -1.52. The Morgan fingerprint density at radius 1 is 1.28 bits per heavy atom. The van der Waals surface area contributed by atoms with Crippen LogP contribution in [0, 0.1) is 5.92 Å². The molecular weight excluding hydrogens is 234 g/mol. The van der Waals surface area contributed by atoms with Crippen molar-refractivity contribution in [3.8, 4) is 0 Å². The molecule has 0 aliphatic rings. The molecule has 0 aliphatic heterocycles. The molecule has 1 aromatic rings. The minimum absolute atomic E-state index is 0.178. The van der Waals surface area contributed by atoms with Crippen molar-refractivity contribution >= 4 is 11.9 Å². The number of hydrogen-bond acceptors (Lipinski definition) is 3. The SMILES string of the molecule is CC(C)c1ccoc1C(=O)NC(C)C(C)C(=O)O. The van der Waals surface area contributed by atoms with Gasteiger partial charge in [0, 0.05) is 11.6 Å². The lowest BCUT2D eigenvalue weighted by Gasteiger charge is -2.17. The summed E-state index contributed by atoms with van der Waals surface area (Å²) in [6.45, 7) is 7.14. The number of carbonyl (C=O) groups excluding carboxylic acids is 1. The van der Waals surface area contributed by atoms with Crippen LogP contribution in [0.3, 0.4) is 0 Å². The minimum Gasteiger partial charge on any atom is -0.481 e. The zero-order valence-electron chi connectivity index (χ0n) is 11.1. The number of rotatable bonds is 5. The number of carboxylic acid groups (broad SMARTS) is 1. The second-order valence-corrected chi connectivity index (χ2v) is 4.75. The molecule has 1 amide bonds. The summed E-state index contributed by atoms with van der Waals surface area (Å²) in [4.78, 5) is 22.8. The van der Waals surface area contributed by atoms with Gasteiger partial charge in [-0.2, -0.15) is 0 Å². The Hall–Kier alpha value is -1.78. The number of aliphatic carboxylic acids is 1. The highest BCUT2D eigenvalue weighted by atomic mass is 16.4. The standard InChI is InChI=1S/C13H19NO4/c1-7(2)10-5-6-18-11(10)12(15)14-9(4)8(3)13(16)17/h5-9H,1-4H3,(H,14,15)(H,16,17). The van der Waals surface area contributed by atoms with E-state index in [1.807, 2.05) is 13.8 Å². The molecule has 2 atom stereocenters. The number of nitrogens with one attached hydrogen (secondary N) is 1. The smallest absolute Gasteiger partial charge is 0.308 e. The van der Waals surface area contributed by atoms with Gasteiger partial charge in [-0.15, -0.1) is 0 Å². The third-order valence-electron chi connectivity index (χ3n) is 3.02. The first-order valence-electron chi connectivity index (χ1n) is 5.95. The predicted octanol–water partition coefficient (Wildman–Crippen LogP) is 2.24. The summed E-state index contributed by atoms with van der Waals surface area (Å²) in [6.07, 6.45) is 1.47. The number of furan rings is 1. The molecular formula is C13H19NO4. The van der Waals surface area contributed by atoms with E-state index in [-0.39, 0.29) is 17.6 Å². The molecule has 1 rings (SSSR count). The largest absolute Gasteiger partial charge is 0.481 e. The fourth-order valence-corrected chi connectivity index (χ4v) is 1.57. The molecule has 0 fully saturated rings. The van der Waals surface area contributed by atoms with Crippen LogP contribution in [0.2, 0.25) is 0 Å². The van der Waals surface area contributed by atoms with Crippen LogP contribution in [0.4, 0.5) is 0 Å². The van der Waals surface area contributed by atoms with Gasteiger partial charge in [0.2, 0.25) is 0 Å². The monoisotopic (exact) mass is 253 g/mol. The van der Waals surface area contributed by atoms with Crippen LogP contribution in [0.25, 0.3) is 0 Å². The highest BCUT2D eigenvalue weighted by Crippen LogP contribution is 2.20. The van der Waals surface area contributed by atoms with Crippen LogP contribution < -0.4 is 5.32 Å². The summed E-state index contributed by atoms with van der Waals surface area (Å²) in [7, 11) is 0. The summed E-state index contributed by atoms with van der Waals surface area (Å²) >= 11 is 0. The second-order valence-electron chi connectivity index (χ2n) is 4.75. The molecule has 0 saturated heterocycles. The fraction of sp³-hybridized carbons (Fsp3) is 0.538. The first-order valence-corrected chi connectivity index (χ1v) is 5.95. The van der Waals surface area contributed by atoms with Gasteiger partial charge < -0.3 is 14.8 Å². The minimum atomic E-state index is -0.939. The van der Waals surface area contributed by atoms with Crippen LogP contribution in [-0.4, -0.2) is 23.0 Å². The lowest BCUT2D eigenvalue weighted by atomic mass is 10.0. The average molecular weight is 253 g/mol. The van der Waals surface area contributed by atoms with Crippen molar-refractivity contribution in [3.63, 3.8) is 0 Å². The molecule has 5 nitrogen and oxygen atoms in total. The van der Waals surface area contributed by atoms with E-state index in [9.17, 15) is 9.59 Å². The Bertz CT molecular complexity index is 436.